The Morgan fingerprint density at radius 2 is 0.857 bits per heavy atom. The second-order valence-electron chi connectivity index (χ2n) is 9.12. The first-order chi connectivity index (χ1) is 19.9. The van der Waals surface area contributed by atoms with Gasteiger partial charge in [-0.3, -0.25) is 40.5 Å². The highest BCUT2D eigenvalue weighted by molar-refractivity contribution is 5.78. The third-order valence-corrected chi connectivity index (χ3v) is 6.32. The number of fused-ring (bicyclic) bond motifs is 8. The molecule has 4 aromatic carbocycles. The van der Waals surface area contributed by atoms with E-state index in [4.69, 9.17) is 9.47 Å². The van der Waals surface area contributed by atoms with Crippen LogP contribution < -0.4 is 20.1 Å². The minimum atomic E-state index is -0.818. The third kappa shape index (κ3) is 5.14. The quantitative estimate of drug-likeness (QED) is 0.159. The fraction of sp³-hybridized carbons (Fsp3) is 0.0769. The average molecular weight is 574 g/mol. The number of hydrogen-bond acceptors (Lipinski definition) is 12. The molecule has 0 fully saturated rings. The number of nitrogens with one attached hydrogen (secondary N) is 2. The summed E-state index contributed by atoms with van der Waals surface area (Å²) in [7, 11) is 0. The Morgan fingerprint density at radius 1 is 0.500 bits per heavy atom. The van der Waals surface area contributed by atoms with Gasteiger partial charge in [-0.25, -0.2) is 0 Å². The smallest absolute Gasteiger partial charge is 0.318 e. The lowest BCUT2D eigenvalue weighted by atomic mass is 10.1. The molecule has 0 radical (unpaired) electrons. The van der Waals surface area contributed by atoms with Crippen LogP contribution in [0.2, 0.25) is 0 Å². The largest absolute Gasteiger partial charge is 0.450 e. The number of ether oxygens (including phenoxy) is 2. The summed E-state index contributed by atoms with van der Waals surface area (Å²) < 4.78 is 11.8. The first kappa shape index (κ1) is 27.3. The van der Waals surface area contributed by atoms with Crippen molar-refractivity contribution in [3.8, 4) is 23.0 Å². The Labute approximate surface area is 234 Å². The molecule has 8 bridgehead atoms. The maximum atomic E-state index is 11.9. The maximum Gasteiger partial charge on any atom is 0.318 e. The van der Waals surface area contributed by atoms with Crippen LogP contribution in [0.4, 0.5) is 45.5 Å². The van der Waals surface area contributed by atoms with E-state index in [0.717, 1.165) is 24.3 Å². The Morgan fingerprint density at radius 3 is 1.19 bits per heavy atom. The maximum absolute atomic E-state index is 11.9. The molecule has 0 atom stereocenters. The van der Waals surface area contributed by atoms with Crippen molar-refractivity contribution in [1.29, 1.82) is 0 Å². The molecule has 0 aliphatic carbocycles. The molecule has 16 nitrogen and oxygen atoms in total. The van der Waals surface area contributed by atoms with Gasteiger partial charge in [0.2, 0.25) is 11.5 Å². The summed E-state index contributed by atoms with van der Waals surface area (Å²) in [6, 6.07) is 12.8. The van der Waals surface area contributed by atoms with Gasteiger partial charge in [0.05, 0.1) is 19.7 Å². The summed E-state index contributed by atoms with van der Waals surface area (Å²) in [6.45, 7) is 3.28. The van der Waals surface area contributed by atoms with Crippen molar-refractivity contribution in [1.82, 2.24) is 0 Å². The molecular formula is C26H18N6O10. The van der Waals surface area contributed by atoms with Crippen molar-refractivity contribution in [2.24, 2.45) is 0 Å². The van der Waals surface area contributed by atoms with E-state index in [2.05, 4.69) is 10.6 Å². The minimum Gasteiger partial charge on any atom is -0.450 e. The van der Waals surface area contributed by atoms with Gasteiger partial charge in [0.15, 0.2) is 0 Å². The minimum absolute atomic E-state index is 0.0913. The van der Waals surface area contributed by atoms with Crippen molar-refractivity contribution < 1.29 is 29.2 Å². The number of nitro groups is 4. The Kier molecular flexibility index (Phi) is 6.71. The summed E-state index contributed by atoms with van der Waals surface area (Å²) in [5.41, 5.74) is -1.37. The molecule has 0 aromatic heterocycles. The molecular weight excluding hydrogens is 556 g/mol. The summed E-state index contributed by atoms with van der Waals surface area (Å²) >= 11 is 0. The highest BCUT2D eigenvalue weighted by atomic mass is 16.6. The van der Waals surface area contributed by atoms with Gasteiger partial charge in [0, 0.05) is 35.6 Å². The fourth-order valence-electron chi connectivity index (χ4n) is 4.19. The predicted octanol–water partition coefficient (Wildman–Crippen LogP) is 7.32. The highest BCUT2D eigenvalue weighted by Crippen LogP contribution is 2.45. The second kappa shape index (κ2) is 10.3. The number of rotatable bonds is 4. The predicted molar refractivity (Wildman–Crippen MR) is 149 cm³/mol. The van der Waals surface area contributed by atoms with E-state index in [9.17, 15) is 40.5 Å². The van der Waals surface area contributed by atoms with Crippen molar-refractivity contribution >= 4 is 45.5 Å². The van der Waals surface area contributed by atoms with Gasteiger partial charge >= 0.3 is 11.4 Å². The lowest BCUT2D eigenvalue weighted by molar-refractivity contribution is -0.394. The number of anilines is 4. The topological polar surface area (TPSA) is 215 Å². The third-order valence-electron chi connectivity index (χ3n) is 6.32. The van der Waals surface area contributed by atoms with Crippen LogP contribution in [-0.4, -0.2) is 19.7 Å². The molecule has 0 saturated heterocycles. The monoisotopic (exact) mass is 574 g/mol. The molecule has 0 spiro atoms. The molecule has 0 saturated carbocycles. The number of hydrogen-bond donors (Lipinski definition) is 2. The number of benzene rings is 4. The van der Waals surface area contributed by atoms with E-state index in [-0.39, 0.29) is 45.7 Å². The average Bonchev–Trinajstić information content (AvgIpc) is 2.91. The molecule has 16 heteroatoms. The SMILES string of the molecule is Cc1ccc2cc1Oc1cc(c([N+](=O)[O-])cc1[N+](=O)[O-])Nc1ccc(C)c(c1)Oc1cc(c([N+](=O)[O-])cc1[N+](=O)[O-])N2. The van der Waals surface area contributed by atoms with Crippen LogP contribution >= 0.6 is 0 Å². The van der Waals surface area contributed by atoms with Gasteiger partial charge in [-0.2, -0.15) is 0 Å². The number of aryl methyl sites for hydroxylation is 2. The Balaban J connectivity index is 1.80. The Bertz CT molecular complexity index is 1710. The summed E-state index contributed by atoms with van der Waals surface area (Å²) in [5, 5.41) is 53.1. The zero-order chi connectivity index (χ0) is 30.3. The van der Waals surface area contributed by atoms with Gasteiger partial charge in [0.1, 0.15) is 35.0 Å². The molecule has 2 N–H and O–H groups in total. The van der Waals surface area contributed by atoms with Gasteiger partial charge < -0.3 is 20.1 Å². The molecule has 0 amide bonds. The normalized spacial score (nSPS) is 11.7. The van der Waals surface area contributed by atoms with Gasteiger partial charge in [-0.15, -0.1) is 0 Å². The standard InChI is InChI=1S/C26H18N6O10/c1-13-3-5-15-7-23(13)41-25-9-17(19(29(33)34)11-21(25)31(37)38)28-16-6-4-14(2)24(8-16)42-26-10-18(27-15)20(30(35)36)12-22(26)32(39)40/h3-12,27-28H,1-2H3. The molecule has 0 unspecified atom stereocenters. The summed E-state index contributed by atoms with van der Waals surface area (Å²) in [5.74, 6) is -0.442. The molecule has 1 aliphatic heterocycles. The van der Waals surface area contributed by atoms with E-state index >= 15 is 0 Å². The van der Waals surface area contributed by atoms with Crippen LogP contribution in [0.1, 0.15) is 11.1 Å². The lowest BCUT2D eigenvalue weighted by Gasteiger charge is -2.16. The summed E-state index contributed by atoms with van der Waals surface area (Å²) in [6.07, 6.45) is 0. The molecule has 212 valence electrons. The van der Waals surface area contributed by atoms with Crippen LogP contribution in [0.5, 0.6) is 23.0 Å². The lowest BCUT2D eigenvalue weighted by Crippen LogP contribution is -2.04. The second-order valence-corrected chi connectivity index (χ2v) is 9.12. The molecule has 1 aliphatic rings. The van der Waals surface area contributed by atoms with E-state index in [1.54, 1.807) is 38.1 Å². The van der Waals surface area contributed by atoms with Crippen LogP contribution in [-0.2, 0) is 0 Å². The van der Waals surface area contributed by atoms with Crippen LogP contribution in [0.25, 0.3) is 0 Å². The van der Waals surface area contributed by atoms with Crippen LogP contribution in [0.3, 0.4) is 0 Å². The molecule has 1 heterocycles. The zero-order valence-corrected chi connectivity index (χ0v) is 21.6. The van der Waals surface area contributed by atoms with Crippen LogP contribution in [0.15, 0.2) is 60.7 Å². The van der Waals surface area contributed by atoms with Gasteiger partial charge in [-0.05, 0) is 37.1 Å². The molecule has 5 rings (SSSR count). The molecule has 4 aromatic rings. The molecule has 42 heavy (non-hydrogen) atoms. The summed E-state index contributed by atoms with van der Waals surface area (Å²) in [4.78, 5) is 44.2. The van der Waals surface area contributed by atoms with Crippen molar-refractivity contribution in [2.75, 3.05) is 10.6 Å². The first-order valence-electron chi connectivity index (χ1n) is 12.0. The highest BCUT2D eigenvalue weighted by Gasteiger charge is 2.29. The van der Waals surface area contributed by atoms with Crippen molar-refractivity contribution in [3.63, 3.8) is 0 Å². The number of nitro benzene ring substituents is 4. The number of nitrogens with zero attached hydrogens (tertiary/aromatic N) is 4. The van der Waals surface area contributed by atoms with E-state index in [1.807, 2.05) is 0 Å². The van der Waals surface area contributed by atoms with Crippen molar-refractivity contribution in [2.45, 2.75) is 13.8 Å². The van der Waals surface area contributed by atoms with E-state index in [0.29, 0.717) is 11.1 Å². The van der Waals surface area contributed by atoms with Crippen molar-refractivity contribution in [3.05, 3.63) is 112 Å². The zero-order valence-electron chi connectivity index (χ0n) is 21.6. The Hall–Kier alpha value is -6.32. The van der Waals surface area contributed by atoms with E-state index < -0.39 is 42.4 Å². The van der Waals surface area contributed by atoms with Gasteiger partial charge in [-0.1, -0.05) is 12.1 Å². The van der Waals surface area contributed by atoms with Gasteiger partial charge in [0.25, 0.3) is 11.4 Å². The van der Waals surface area contributed by atoms with E-state index in [1.165, 1.54) is 12.1 Å². The first-order valence-corrected chi connectivity index (χ1v) is 12.0. The van der Waals surface area contributed by atoms with Crippen LogP contribution in [0, 0.1) is 54.3 Å². The fourth-order valence-corrected chi connectivity index (χ4v) is 4.19.